The zero-order valence-electron chi connectivity index (χ0n) is 10.3. The van der Waals surface area contributed by atoms with E-state index in [2.05, 4.69) is 32.7 Å². The maximum absolute atomic E-state index is 5.84. The van der Waals surface area contributed by atoms with Gasteiger partial charge in [0.15, 0.2) is 0 Å². The first-order valence-corrected chi connectivity index (χ1v) is 5.57. The zero-order valence-corrected chi connectivity index (χ0v) is 10.3. The summed E-state index contributed by atoms with van der Waals surface area (Å²) in [5, 5.41) is 0. The van der Waals surface area contributed by atoms with Crippen molar-refractivity contribution in [1.82, 2.24) is 4.98 Å². The van der Waals surface area contributed by atoms with Crippen molar-refractivity contribution in [3.63, 3.8) is 0 Å². The molecule has 3 nitrogen and oxygen atoms in total. The van der Waals surface area contributed by atoms with Crippen LogP contribution in [0.25, 0.3) is 6.08 Å². The van der Waals surface area contributed by atoms with E-state index in [-0.39, 0.29) is 18.3 Å². The number of rotatable bonds is 2. The maximum atomic E-state index is 5.84. The quantitative estimate of drug-likeness (QED) is 0.776. The minimum absolute atomic E-state index is 0.264. The Morgan fingerprint density at radius 2 is 1.81 bits per heavy atom. The molecule has 1 aromatic heterocycles. The molecule has 0 aromatic carbocycles. The Kier molecular flexibility index (Phi) is 2.72. The van der Waals surface area contributed by atoms with Gasteiger partial charge in [0.05, 0.1) is 11.2 Å². The second-order valence-corrected chi connectivity index (χ2v) is 5.13. The molecule has 1 N–H and O–H groups in total. The molecular formula is C12H18BNO2. The molecule has 1 aliphatic rings. The van der Waals surface area contributed by atoms with Crippen LogP contribution in [-0.4, -0.2) is 23.3 Å². The predicted molar refractivity (Wildman–Crippen MR) is 65.9 cm³/mol. The summed E-state index contributed by atoms with van der Waals surface area (Å²) in [5.41, 5.74) is 0.593. The highest BCUT2D eigenvalue weighted by Crippen LogP contribution is 2.36. The molecule has 0 spiro atoms. The number of hydrogen-bond acceptors (Lipinski definition) is 2. The summed E-state index contributed by atoms with van der Waals surface area (Å²) in [7, 11) is -0.264. The summed E-state index contributed by atoms with van der Waals surface area (Å²) in [6, 6.07) is 2.00. The molecule has 0 saturated carbocycles. The van der Waals surface area contributed by atoms with Crippen molar-refractivity contribution in [3.05, 3.63) is 30.0 Å². The molecule has 1 aromatic rings. The molecule has 0 radical (unpaired) electrons. The Morgan fingerprint density at radius 1 is 1.19 bits per heavy atom. The van der Waals surface area contributed by atoms with Crippen LogP contribution in [0.3, 0.4) is 0 Å². The fourth-order valence-corrected chi connectivity index (χ4v) is 1.60. The molecule has 2 heterocycles. The molecular weight excluding hydrogens is 201 g/mol. The monoisotopic (exact) mass is 219 g/mol. The van der Waals surface area contributed by atoms with E-state index in [0.29, 0.717) is 0 Å². The summed E-state index contributed by atoms with van der Waals surface area (Å²) < 4.78 is 11.7. The molecule has 0 atom stereocenters. The van der Waals surface area contributed by atoms with Gasteiger partial charge >= 0.3 is 7.12 Å². The fourth-order valence-electron chi connectivity index (χ4n) is 1.60. The summed E-state index contributed by atoms with van der Waals surface area (Å²) in [6.07, 6.45) is 5.82. The third-order valence-electron chi connectivity index (χ3n) is 3.34. The van der Waals surface area contributed by atoms with Crippen LogP contribution in [-0.2, 0) is 9.31 Å². The van der Waals surface area contributed by atoms with Crippen LogP contribution >= 0.6 is 0 Å². The first-order valence-electron chi connectivity index (χ1n) is 5.57. The van der Waals surface area contributed by atoms with Gasteiger partial charge in [0.1, 0.15) is 0 Å². The van der Waals surface area contributed by atoms with Crippen molar-refractivity contribution in [3.8, 4) is 0 Å². The van der Waals surface area contributed by atoms with E-state index in [0.717, 1.165) is 5.56 Å². The van der Waals surface area contributed by atoms with Crippen LogP contribution in [0.2, 0.25) is 0 Å². The number of nitrogens with one attached hydrogen (secondary N) is 1. The van der Waals surface area contributed by atoms with Gasteiger partial charge in [-0.3, -0.25) is 0 Å². The minimum atomic E-state index is -0.264. The molecule has 1 fully saturated rings. The van der Waals surface area contributed by atoms with E-state index < -0.39 is 0 Å². The van der Waals surface area contributed by atoms with Crippen molar-refractivity contribution in [1.29, 1.82) is 0 Å². The predicted octanol–water partition coefficient (Wildman–Crippen LogP) is 2.66. The smallest absolute Gasteiger partial charge is 0.400 e. The molecule has 0 unspecified atom stereocenters. The van der Waals surface area contributed by atoms with Crippen molar-refractivity contribution >= 4 is 13.2 Å². The van der Waals surface area contributed by atoms with Gasteiger partial charge in [-0.15, -0.1) is 0 Å². The summed E-state index contributed by atoms with van der Waals surface area (Å²) in [5.74, 6) is 1.94. The Morgan fingerprint density at radius 3 is 2.31 bits per heavy atom. The van der Waals surface area contributed by atoms with E-state index in [1.807, 2.05) is 30.5 Å². The largest absolute Gasteiger partial charge is 0.487 e. The van der Waals surface area contributed by atoms with Crippen molar-refractivity contribution in [2.45, 2.75) is 38.9 Å². The van der Waals surface area contributed by atoms with Crippen LogP contribution < -0.4 is 0 Å². The van der Waals surface area contributed by atoms with Gasteiger partial charge in [-0.05, 0) is 39.3 Å². The molecule has 0 amide bonds. The number of H-pyrrole nitrogens is 1. The third-order valence-corrected chi connectivity index (χ3v) is 3.34. The number of hydrogen-bond donors (Lipinski definition) is 1. The minimum Gasteiger partial charge on any atom is -0.400 e. The Hall–Kier alpha value is -0.995. The standard InChI is InChI=1S/C12H18BNO2/c1-11(2)12(3,4)16-13(15-11)7-5-10-6-8-14-9-10/h5-9,14H,1-4H3/b7-5+. The van der Waals surface area contributed by atoms with Crippen LogP contribution in [0.15, 0.2) is 24.4 Å². The van der Waals surface area contributed by atoms with Crippen molar-refractivity contribution in [2.24, 2.45) is 0 Å². The Balaban J connectivity index is 2.05. The second-order valence-electron chi connectivity index (χ2n) is 5.13. The lowest BCUT2D eigenvalue weighted by Crippen LogP contribution is -2.41. The van der Waals surface area contributed by atoms with Crippen molar-refractivity contribution < 1.29 is 9.31 Å². The number of aromatic amines is 1. The van der Waals surface area contributed by atoms with E-state index in [4.69, 9.17) is 9.31 Å². The first-order chi connectivity index (χ1) is 7.41. The molecule has 2 rings (SSSR count). The molecule has 16 heavy (non-hydrogen) atoms. The third kappa shape index (κ3) is 2.08. The normalized spacial score (nSPS) is 23.1. The Labute approximate surface area is 97.0 Å². The second kappa shape index (κ2) is 3.79. The maximum Gasteiger partial charge on any atom is 0.487 e. The van der Waals surface area contributed by atoms with Gasteiger partial charge in [0, 0.05) is 12.4 Å². The van der Waals surface area contributed by atoms with E-state index in [9.17, 15) is 0 Å². The SMILES string of the molecule is CC1(C)OB(/C=C/c2cc[nH]c2)OC1(C)C. The van der Waals surface area contributed by atoms with E-state index >= 15 is 0 Å². The molecule has 0 aliphatic carbocycles. The van der Waals surface area contributed by atoms with Crippen LogP contribution in [0.1, 0.15) is 33.3 Å². The van der Waals surface area contributed by atoms with Gasteiger partial charge in [-0.1, -0.05) is 12.1 Å². The topological polar surface area (TPSA) is 34.2 Å². The Bertz CT molecular complexity index is 366. The summed E-state index contributed by atoms with van der Waals surface area (Å²) in [6.45, 7) is 8.21. The first kappa shape index (κ1) is 11.5. The van der Waals surface area contributed by atoms with Gasteiger partial charge in [-0.25, -0.2) is 0 Å². The van der Waals surface area contributed by atoms with Gasteiger partial charge in [0.25, 0.3) is 0 Å². The van der Waals surface area contributed by atoms with Crippen LogP contribution in [0.5, 0.6) is 0 Å². The lowest BCUT2D eigenvalue weighted by atomic mass is 9.89. The average Bonchev–Trinajstić information content (AvgIpc) is 2.70. The highest BCUT2D eigenvalue weighted by Gasteiger charge is 2.49. The van der Waals surface area contributed by atoms with Gasteiger partial charge < -0.3 is 14.3 Å². The van der Waals surface area contributed by atoms with E-state index in [1.165, 1.54) is 0 Å². The summed E-state index contributed by atoms with van der Waals surface area (Å²) >= 11 is 0. The average molecular weight is 219 g/mol. The molecule has 1 aliphatic heterocycles. The van der Waals surface area contributed by atoms with E-state index in [1.54, 1.807) is 0 Å². The lowest BCUT2D eigenvalue weighted by Gasteiger charge is -2.32. The molecule has 1 saturated heterocycles. The summed E-state index contributed by atoms with van der Waals surface area (Å²) in [4.78, 5) is 3.00. The van der Waals surface area contributed by atoms with Crippen LogP contribution in [0, 0.1) is 0 Å². The number of aromatic nitrogens is 1. The highest BCUT2D eigenvalue weighted by molar-refractivity contribution is 6.52. The van der Waals surface area contributed by atoms with Crippen molar-refractivity contribution in [2.75, 3.05) is 0 Å². The highest BCUT2D eigenvalue weighted by atomic mass is 16.7. The fraction of sp³-hybridized carbons (Fsp3) is 0.500. The molecule has 86 valence electrons. The zero-order chi connectivity index (χ0) is 11.8. The molecule has 4 heteroatoms. The van der Waals surface area contributed by atoms with Crippen LogP contribution in [0.4, 0.5) is 0 Å². The van der Waals surface area contributed by atoms with Gasteiger partial charge in [-0.2, -0.15) is 0 Å². The van der Waals surface area contributed by atoms with Gasteiger partial charge in [0.2, 0.25) is 0 Å². The molecule has 0 bridgehead atoms. The lowest BCUT2D eigenvalue weighted by molar-refractivity contribution is 0.00578.